The molecule has 1 N–H and O–H groups in total. The van der Waals surface area contributed by atoms with Gasteiger partial charge in [-0.25, -0.2) is 4.39 Å². The van der Waals surface area contributed by atoms with Crippen LogP contribution in [0.15, 0.2) is 79.0 Å². The van der Waals surface area contributed by atoms with E-state index in [2.05, 4.69) is 5.32 Å². The molecule has 0 aliphatic rings. The lowest BCUT2D eigenvalue weighted by Gasteiger charge is -2.10. The lowest BCUT2D eigenvalue weighted by atomic mass is 10.1. The van der Waals surface area contributed by atoms with Crippen LogP contribution in [0.3, 0.4) is 0 Å². The van der Waals surface area contributed by atoms with Gasteiger partial charge in [0.25, 0.3) is 5.91 Å². The summed E-state index contributed by atoms with van der Waals surface area (Å²) in [5.41, 5.74) is 3.91. The Morgan fingerprint density at radius 2 is 1.81 bits per heavy atom. The van der Waals surface area contributed by atoms with Crippen molar-refractivity contribution in [1.82, 2.24) is 9.78 Å². The Morgan fingerprint density at radius 1 is 1.06 bits per heavy atom. The molecule has 4 aromatic rings. The number of benzene rings is 3. The predicted molar refractivity (Wildman–Crippen MR) is 119 cm³/mol. The lowest BCUT2D eigenvalue weighted by Crippen LogP contribution is -2.13. The van der Waals surface area contributed by atoms with E-state index in [-0.39, 0.29) is 11.7 Å². The zero-order chi connectivity index (χ0) is 21.8. The number of hydrogen-bond acceptors (Lipinski definition) is 3. The summed E-state index contributed by atoms with van der Waals surface area (Å²) in [6, 6.07) is 21.6. The number of methoxy groups -OCH3 is 1. The Morgan fingerprint density at radius 3 is 2.55 bits per heavy atom. The number of carbonyl (C=O) groups is 1. The van der Waals surface area contributed by atoms with Crippen molar-refractivity contribution >= 4 is 11.6 Å². The molecule has 1 amide bonds. The molecule has 0 aliphatic carbocycles. The molecule has 0 spiro atoms. The molecule has 0 saturated carbocycles. The van der Waals surface area contributed by atoms with Gasteiger partial charge in [-0.1, -0.05) is 42.5 Å². The van der Waals surface area contributed by atoms with Crippen LogP contribution in [0.2, 0.25) is 0 Å². The summed E-state index contributed by atoms with van der Waals surface area (Å²) in [6.45, 7) is 2.27. The second-order valence-electron chi connectivity index (χ2n) is 7.19. The Bertz CT molecular complexity index is 1220. The van der Waals surface area contributed by atoms with Crippen molar-refractivity contribution in [3.63, 3.8) is 0 Å². The van der Waals surface area contributed by atoms with Crippen LogP contribution in [0.25, 0.3) is 11.3 Å². The van der Waals surface area contributed by atoms with Crippen LogP contribution in [0.1, 0.15) is 21.5 Å². The summed E-state index contributed by atoms with van der Waals surface area (Å²) >= 11 is 0. The molecule has 5 nitrogen and oxygen atoms in total. The average Bonchev–Trinajstić information content (AvgIpc) is 3.20. The fourth-order valence-corrected chi connectivity index (χ4v) is 3.44. The number of hydrogen-bond donors (Lipinski definition) is 1. The van der Waals surface area contributed by atoms with Gasteiger partial charge in [-0.2, -0.15) is 5.10 Å². The second-order valence-corrected chi connectivity index (χ2v) is 7.19. The minimum atomic E-state index is -0.346. The SMILES string of the molecule is COc1ccccc1-c1nn(Cc2ccccc2)cc1C(=O)Nc1ccc(F)cc1C. The first-order valence-corrected chi connectivity index (χ1v) is 9.87. The largest absolute Gasteiger partial charge is 0.496 e. The zero-order valence-corrected chi connectivity index (χ0v) is 17.3. The standard InChI is InChI=1S/C25H22FN3O2/c1-17-14-19(26)12-13-22(17)27-25(30)21-16-29(15-18-8-4-3-5-9-18)28-24(21)20-10-6-7-11-23(20)31-2/h3-14,16H,15H2,1-2H3,(H,27,30). The Kier molecular flexibility index (Phi) is 5.80. The van der Waals surface area contributed by atoms with Gasteiger partial charge in [0.05, 0.1) is 19.2 Å². The van der Waals surface area contributed by atoms with Crippen LogP contribution in [0.4, 0.5) is 10.1 Å². The van der Waals surface area contributed by atoms with Gasteiger partial charge in [0.2, 0.25) is 0 Å². The third-order valence-electron chi connectivity index (χ3n) is 4.99. The van der Waals surface area contributed by atoms with Gasteiger partial charge in [0.1, 0.15) is 17.3 Å². The number of para-hydroxylation sites is 1. The van der Waals surface area contributed by atoms with Crippen molar-refractivity contribution in [2.75, 3.05) is 12.4 Å². The molecule has 6 heteroatoms. The number of aromatic nitrogens is 2. The summed E-state index contributed by atoms with van der Waals surface area (Å²) in [4.78, 5) is 13.2. The van der Waals surface area contributed by atoms with Gasteiger partial charge >= 0.3 is 0 Å². The van der Waals surface area contributed by atoms with Gasteiger partial charge in [-0.15, -0.1) is 0 Å². The number of halogens is 1. The smallest absolute Gasteiger partial charge is 0.259 e. The number of rotatable bonds is 6. The third kappa shape index (κ3) is 4.48. The van der Waals surface area contributed by atoms with Gasteiger partial charge in [-0.3, -0.25) is 9.48 Å². The van der Waals surface area contributed by atoms with Crippen molar-refractivity contribution in [1.29, 1.82) is 0 Å². The first kappa shape index (κ1) is 20.3. The van der Waals surface area contributed by atoms with Crippen molar-refractivity contribution in [2.24, 2.45) is 0 Å². The first-order chi connectivity index (χ1) is 15.0. The topological polar surface area (TPSA) is 56.2 Å². The zero-order valence-electron chi connectivity index (χ0n) is 17.3. The molecule has 0 radical (unpaired) electrons. The predicted octanol–water partition coefficient (Wildman–Crippen LogP) is 5.31. The van der Waals surface area contributed by atoms with Gasteiger partial charge in [0, 0.05) is 17.4 Å². The Labute approximate surface area is 180 Å². The molecule has 3 aromatic carbocycles. The number of ether oxygens (including phenoxy) is 1. The van der Waals surface area contributed by atoms with Gasteiger partial charge in [-0.05, 0) is 48.4 Å². The molecule has 1 heterocycles. The third-order valence-corrected chi connectivity index (χ3v) is 4.99. The second kappa shape index (κ2) is 8.83. The highest BCUT2D eigenvalue weighted by Gasteiger charge is 2.21. The number of nitrogens with one attached hydrogen (secondary N) is 1. The highest BCUT2D eigenvalue weighted by Crippen LogP contribution is 2.32. The Balaban J connectivity index is 1.74. The van der Waals surface area contributed by atoms with Crippen LogP contribution < -0.4 is 10.1 Å². The van der Waals surface area contributed by atoms with Crippen molar-refractivity contribution < 1.29 is 13.9 Å². The van der Waals surface area contributed by atoms with Crippen LogP contribution in [-0.4, -0.2) is 22.8 Å². The van der Waals surface area contributed by atoms with E-state index in [4.69, 9.17) is 9.84 Å². The first-order valence-electron chi connectivity index (χ1n) is 9.87. The molecular weight excluding hydrogens is 393 g/mol. The molecular formula is C25H22FN3O2. The van der Waals surface area contributed by atoms with E-state index in [1.54, 1.807) is 31.0 Å². The number of nitrogens with zero attached hydrogens (tertiary/aromatic N) is 2. The molecule has 0 saturated heterocycles. The van der Waals surface area contributed by atoms with Crippen LogP contribution >= 0.6 is 0 Å². The molecule has 4 rings (SSSR count). The minimum Gasteiger partial charge on any atom is -0.496 e. The van der Waals surface area contributed by atoms with Gasteiger partial charge in [0.15, 0.2) is 0 Å². The fraction of sp³-hybridized carbons (Fsp3) is 0.120. The molecule has 1 aromatic heterocycles. The summed E-state index contributed by atoms with van der Waals surface area (Å²) in [7, 11) is 1.58. The number of carbonyl (C=O) groups excluding carboxylic acids is 1. The summed E-state index contributed by atoms with van der Waals surface area (Å²) in [5.74, 6) is -0.0460. The molecule has 0 unspecified atom stereocenters. The van der Waals surface area contributed by atoms with Crippen molar-refractivity contribution in [3.05, 3.63) is 102 Å². The van der Waals surface area contributed by atoms with Crippen LogP contribution in [0, 0.1) is 12.7 Å². The van der Waals surface area contributed by atoms with Crippen LogP contribution in [0.5, 0.6) is 5.75 Å². The molecule has 0 bridgehead atoms. The summed E-state index contributed by atoms with van der Waals surface area (Å²) in [5, 5.41) is 7.58. The van der Waals surface area contributed by atoms with Crippen LogP contribution in [-0.2, 0) is 6.54 Å². The maximum atomic E-state index is 13.4. The summed E-state index contributed by atoms with van der Waals surface area (Å²) < 4.78 is 20.7. The van der Waals surface area contributed by atoms with Crippen molar-refractivity contribution in [2.45, 2.75) is 13.5 Å². The average molecular weight is 415 g/mol. The maximum Gasteiger partial charge on any atom is 0.259 e. The van der Waals surface area contributed by atoms with E-state index in [0.717, 1.165) is 11.1 Å². The van der Waals surface area contributed by atoms with E-state index in [0.29, 0.717) is 34.8 Å². The van der Waals surface area contributed by atoms with E-state index < -0.39 is 0 Å². The number of anilines is 1. The van der Waals surface area contributed by atoms with Gasteiger partial charge < -0.3 is 10.1 Å². The van der Waals surface area contributed by atoms with E-state index in [1.807, 2.05) is 54.6 Å². The number of amides is 1. The highest BCUT2D eigenvalue weighted by atomic mass is 19.1. The Hall–Kier alpha value is -3.93. The van der Waals surface area contributed by atoms with E-state index >= 15 is 0 Å². The molecule has 31 heavy (non-hydrogen) atoms. The molecule has 156 valence electrons. The monoisotopic (exact) mass is 415 g/mol. The van der Waals surface area contributed by atoms with Crippen molar-refractivity contribution in [3.8, 4) is 17.0 Å². The molecule has 0 aliphatic heterocycles. The highest BCUT2D eigenvalue weighted by molar-refractivity contribution is 6.08. The molecule has 0 fully saturated rings. The van der Waals surface area contributed by atoms with E-state index in [9.17, 15) is 9.18 Å². The number of aryl methyl sites for hydroxylation is 1. The maximum absolute atomic E-state index is 13.4. The van der Waals surface area contributed by atoms with E-state index in [1.165, 1.54) is 12.1 Å². The minimum absolute atomic E-state index is 0.324. The molecule has 0 atom stereocenters. The fourth-order valence-electron chi connectivity index (χ4n) is 3.44. The summed E-state index contributed by atoms with van der Waals surface area (Å²) in [6.07, 6.45) is 1.73. The normalized spacial score (nSPS) is 10.7. The lowest BCUT2D eigenvalue weighted by molar-refractivity contribution is 0.102. The quantitative estimate of drug-likeness (QED) is 0.465.